The molecule has 0 aliphatic carbocycles. The Labute approximate surface area is 124 Å². The van der Waals surface area contributed by atoms with Crippen molar-refractivity contribution in [3.05, 3.63) is 59.2 Å². The molecule has 0 radical (unpaired) electrons. The summed E-state index contributed by atoms with van der Waals surface area (Å²) < 4.78 is 5.64. The van der Waals surface area contributed by atoms with Crippen LogP contribution in [0.15, 0.2) is 48.7 Å². The zero-order valence-corrected chi connectivity index (χ0v) is 11.4. The lowest BCUT2D eigenvalue weighted by atomic mass is 10.2. The largest absolute Gasteiger partial charge is 0.478 e. The molecule has 1 N–H and O–H groups in total. The van der Waals surface area contributed by atoms with Crippen molar-refractivity contribution in [1.29, 1.82) is 0 Å². The zero-order valence-electron chi connectivity index (χ0n) is 10.7. The summed E-state index contributed by atoms with van der Waals surface area (Å²) in [4.78, 5) is 11.1. The van der Waals surface area contributed by atoms with Crippen molar-refractivity contribution in [3.63, 3.8) is 0 Å². The topological polar surface area (TPSA) is 72.3 Å². The van der Waals surface area contributed by atoms with Gasteiger partial charge in [0.2, 0.25) is 5.88 Å². The van der Waals surface area contributed by atoms with Crippen LogP contribution in [0.1, 0.15) is 10.4 Å². The molecule has 0 aliphatic heterocycles. The Bertz CT molecular complexity index is 831. The predicted octanol–water partition coefficient (Wildman–Crippen LogP) is 3.77. The smallest absolute Gasteiger partial charge is 0.337 e. The van der Waals surface area contributed by atoms with E-state index >= 15 is 0 Å². The van der Waals surface area contributed by atoms with Gasteiger partial charge < -0.3 is 9.84 Å². The van der Waals surface area contributed by atoms with Gasteiger partial charge in [0, 0.05) is 10.8 Å². The average molecular weight is 301 g/mol. The molecule has 3 aromatic rings. The van der Waals surface area contributed by atoms with E-state index in [-0.39, 0.29) is 10.6 Å². The van der Waals surface area contributed by atoms with Crippen LogP contribution in [0, 0.1) is 0 Å². The molecule has 0 spiro atoms. The number of aromatic nitrogens is 2. The van der Waals surface area contributed by atoms with E-state index in [1.165, 1.54) is 12.1 Å². The molecule has 0 fully saturated rings. The number of carboxylic acid groups (broad SMARTS) is 1. The van der Waals surface area contributed by atoms with Crippen LogP contribution in [0.4, 0.5) is 0 Å². The Balaban J connectivity index is 2.03. The third kappa shape index (κ3) is 2.64. The molecule has 0 bridgehead atoms. The molecule has 5 nitrogen and oxygen atoms in total. The molecule has 21 heavy (non-hydrogen) atoms. The summed E-state index contributed by atoms with van der Waals surface area (Å²) in [5, 5.41) is 18.7. The molecule has 3 rings (SSSR count). The zero-order chi connectivity index (χ0) is 14.8. The second-order valence-electron chi connectivity index (χ2n) is 4.29. The van der Waals surface area contributed by atoms with Gasteiger partial charge in [0.25, 0.3) is 0 Å². The molecule has 0 atom stereocenters. The number of benzene rings is 2. The van der Waals surface area contributed by atoms with Gasteiger partial charge in [-0.1, -0.05) is 29.8 Å². The third-order valence-electron chi connectivity index (χ3n) is 2.92. The maximum atomic E-state index is 11.1. The Morgan fingerprint density at radius 2 is 2.00 bits per heavy atom. The molecule has 2 aromatic carbocycles. The SMILES string of the molecule is O=C(O)c1cc(Oc2nncc3ccccc23)ccc1Cl. The standard InChI is InChI=1S/C15H9ClN2O3/c16-13-6-5-10(7-12(13)15(19)20)21-14-11-4-2-1-3-9(11)8-17-18-14/h1-8H,(H,19,20). The fraction of sp³-hybridized carbons (Fsp3) is 0. The summed E-state index contributed by atoms with van der Waals surface area (Å²) in [5.74, 6) is -0.469. The summed E-state index contributed by atoms with van der Waals surface area (Å²) in [5.41, 5.74) is -0.0256. The Morgan fingerprint density at radius 1 is 1.19 bits per heavy atom. The molecule has 0 unspecified atom stereocenters. The van der Waals surface area contributed by atoms with E-state index in [0.29, 0.717) is 11.6 Å². The highest BCUT2D eigenvalue weighted by molar-refractivity contribution is 6.33. The number of fused-ring (bicyclic) bond motifs is 1. The second-order valence-corrected chi connectivity index (χ2v) is 4.69. The first-order chi connectivity index (χ1) is 10.1. The maximum Gasteiger partial charge on any atom is 0.337 e. The van der Waals surface area contributed by atoms with Crippen molar-refractivity contribution in [2.24, 2.45) is 0 Å². The number of aromatic carboxylic acids is 1. The number of halogens is 1. The molecule has 0 amide bonds. The number of rotatable bonds is 3. The molecular formula is C15H9ClN2O3. The Kier molecular flexibility index (Phi) is 3.41. The first-order valence-electron chi connectivity index (χ1n) is 6.06. The Morgan fingerprint density at radius 3 is 2.81 bits per heavy atom. The van der Waals surface area contributed by atoms with Crippen LogP contribution in [0.25, 0.3) is 10.8 Å². The average Bonchev–Trinajstić information content (AvgIpc) is 2.49. The Hall–Kier alpha value is -2.66. The number of hydrogen-bond donors (Lipinski definition) is 1. The molecule has 104 valence electrons. The monoisotopic (exact) mass is 300 g/mol. The van der Waals surface area contributed by atoms with Crippen molar-refractivity contribution >= 4 is 28.3 Å². The van der Waals surface area contributed by atoms with Gasteiger partial charge in [0.05, 0.1) is 16.8 Å². The molecular weight excluding hydrogens is 292 g/mol. The van der Waals surface area contributed by atoms with Crippen LogP contribution < -0.4 is 4.74 Å². The van der Waals surface area contributed by atoms with Crippen LogP contribution in [-0.4, -0.2) is 21.3 Å². The van der Waals surface area contributed by atoms with E-state index in [9.17, 15) is 4.79 Å². The number of carbonyl (C=O) groups is 1. The maximum absolute atomic E-state index is 11.1. The molecule has 1 heterocycles. The van der Waals surface area contributed by atoms with Crippen molar-refractivity contribution in [1.82, 2.24) is 10.2 Å². The molecule has 0 saturated heterocycles. The van der Waals surface area contributed by atoms with Gasteiger partial charge in [-0.05, 0) is 24.3 Å². The van der Waals surface area contributed by atoms with Crippen LogP contribution >= 0.6 is 11.6 Å². The van der Waals surface area contributed by atoms with Crippen molar-refractivity contribution in [2.75, 3.05) is 0 Å². The number of ether oxygens (including phenoxy) is 1. The third-order valence-corrected chi connectivity index (χ3v) is 3.25. The van der Waals surface area contributed by atoms with E-state index in [1.807, 2.05) is 24.3 Å². The van der Waals surface area contributed by atoms with Gasteiger partial charge in [0.15, 0.2) is 0 Å². The first-order valence-corrected chi connectivity index (χ1v) is 6.44. The molecule has 0 aliphatic rings. The highest BCUT2D eigenvalue weighted by Crippen LogP contribution is 2.29. The molecule has 0 saturated carbocycles. The summed E-state index contributed by atoms with van der Waals surface area (Å²) in [6.07, 6.45) is 1.63. The fourth-order valence-corrected chi connectivity index (χ4v) is 2.12. The minimum absolute atomic E-state index is 0.0256. The van der Waals surface area contributed by atoms with E-state index in [4.69, 9.17) is 21.4 Å². The van der Waals surface area contributed by atoms with E-state index in [2.05, 4.69) is 10.2 Å². The number of nitrogens with zero attached hydrogens (tertiary/aromatic N) is 2. The van der Waals surface area contributed by atoms with E-state index in [0.717, 1.165) is 10.8 Å². The van der Waals surface area contributed by atoms with Gasteiger partial charge >= 0.3 is 5.97 Å². The van der Waals surface area contributed by atoms with Gasteiger partial charge in [-0.2, -0.15) is 5.10 Å². The highest BCUT2D eigenvalue weighted by Gasteiger charge is 2.12. The predicted molar refractivity (Wildman–Crippen MR) is 78.0 cm³/mol. The van der Waals surface area contributed by atoms with Gasteiger partial charge in [-0.3, -0.25) is 0 Å². The summed E-state index contributed by atoms with van der Waals surface area (Å²) in [7, 11) is 0. The van der Waals surface area contributed by atoms with Crippen LogP contribution in [0.2, 0.25) is 5.02 Å². The number of carboxylic acids is 1. The van der Waals surface area contributed by atoms with Gasteiger partial charge in [-0.15, -0.1) is 5.10 Å². The van der Waals surface area contributed by atoms with Crippen molar-refractivity contribution in [3.8, 4) is 11.6 Å². The molecule has 1 aromatic heterocycles. The lowest BCUT2D eigenvalue weighted by Crippen LogP contribution is -1.98. The minimum atomic E-state index is -1.12. The summed E-state index contributed by atoms with van der Waals surface area (Å²) >= 11 is 5.82. The lowest BCUT2D eigenvalue weighted by molar-refractivity contribution is 0.0696. The van der Waals surface area contributed by atoms with Crippen LogP contribution in [-0.2, 0) is 0 Å². The van der Waals surface area contributed by atoms with E-state index < -0.39 is 5.97 Å². The summed E-state index contributed by atoms with van der Waals surface area (Å²) in [6.45, 7) is 0. The van der Waals surface area contributed by atoms with Crippen LogP contribution in [0.3, 0.4) is 0 Å². The normalized spacial score (nSPS) is 10.5. The quantitative estimate of drug-likeness (QED) is 0.797. The first kappa shape index (κ1) is 13.3. The van der Waals surface area contributed by atoms with E-state index in [1.54, 1.807) is 12.3 Å². The second kappa shape index (κ2) is 5.38. The van der Waals surface area contributed by atoms with Crippen LogP contribution in [0.5, 0.6) is 11.6 Å². The summed E-state index contributed by atoms with van der Waals surface area (Å²) in [6, 6.07) is 11.9. The minimum Gasteiger partial charge on any atom is -0.478 e. The molecule has 6 heteroatoms. The van der Waals surface area contributed by atoms with Crippen molar-refractivity contribution < 1.29 is 14.6 Å². The number of hydrogen-bond acceptors (Lipinski definition) is 4. The fourth-order valence-electron chi connectivity index (χ4n) is 1.92. The van der Waals surface area contributed by atoms with Gasteiger partial charge in [0.1, 0.15) is 5.75 Å². The van der Waals surface area contributed by atoms with Crippen molar-refractivity contribution in [2.45, 2.75) is 0 Å². The highest BCUT2D eigenvalue weighted by atomic mass is 35.5. The lowest BCUT2D eigenvalue weighted by Gasteiger charge is -2.08. The van der Waals surface area contributed by atoms with Gasteiger partial charge in [-0.25, -0.2) is 4.79 Å².